The van der Waals surface area contributed by atoms with Crippen LogP contribution in [0.1, 0.15) is 28.8 Å². The molecule has 1 aliphatic rings. The van der Waals surface area contributed by atoms with Crippen LogP contribution in [-0.2, 0) is 4.79 Å². The normalized spacial score (nSPS) is 18.7. The van der Waals surface area contributed by atoms with Gasteiger partial charge in [0.2, 0.25) is 5.91 Å². The number of rotatable bonds is 2. The Morgan fingerprint density at radius 1 is 1.47 bits per heavy atom. The second-order valence-corrected chi connectivity index (χ2v) is 5.85. The molecule has 0 bridgehead atoms. The molecule has 1 aromatic carbocycles. The lowest BCUT2D eigenvalue weighted by Gasteiger charge is -2.22. The molecule has 0 unspecified atom stereocenters. The first-order valence-electron chi connectivity index (χ1n) is 5.97. The van der Waals surface area contributed by atoms with Crippen molar-refractivity contribution in [1.29, 1.82) is 0 Å². The van der Waals surface area contributed by atoms with Crippen LogP contribution >= 0.6 is 27.5 Å². The van der Waals surface area contributed by atoms with Gasteiger partial charge in [0.25, 0.3) is 5.91 Å². The molecule has 0 aliphatic carbocycles. The van der Waals surface area contributed by atoms with E-state index >= 15 is 0 Å². The number of benzene rings is 1. The highest BCUT2D eigenvalue weighted by Gasteiger charge is 2.33. The Balaban J connectivity index is 2.32. The first-order chi connectivity index (χ1) is 8.91. The molecule has 1 aromatic rings. The number of hydrogen-bond acceptors (Lipinski definition) is 2. The van der Waals surface area contributed by atoms with Gasteiger partial charge in [-0.2, -0.15) is 0 Å². The van der Waals surface area contributed by atoms with Gasteiger partial charge >= 0.3 is 0 Å². The van der Waals surface area contributed by atoms with Crippen LogP contribution in [0.15, 0.2) is 16.6 Å². The Morgan fingerprint density at radius 2 is 2.16 bits per heavy atom. The largest absolute Gasteiger partial charge is 0.368 e. The van der Waals surface area contributed by atoms with Gasteiger partial charge in [0.05, 0.1) is 5.02 Å². The molecule has 102 valence electrons. The molecular weight excluding hydrogens is 332 g/mol. The molecule has 0 aromatic heterocycles. The average Bonchev–Trinajstić information content (AvgIpc) is 2.83. The molecule has 0 radical (unpaired) electrons. The van der Waals surface area contributed by atoms with E-state index in [2.05, 4.69) is 15.9 Å². The second-order valence-electron chi connectivity index (χ2n) is 4.65. The van der Waals surface area contributed by atoms with Gasteiger partial charge in [-0.1, -0.05) is 11.6 Å². The standard InChI is InChI=1S/C13H14BrClN2O2/c1-7-5-8(6-9(15)11(7)14)13(19)17-4-2-3-10(17)12(16)18/h5-6,10H,2-4H2,1H3,(H2,16,18)/t10-/m0/s1. The summed E-state index contributed by atoms with van der Waals surface area (Å²) in [6, 6.07) is 2.86. The van der Waals surface area contributed by atoms with Crippen LogP contribution in [-0.4, -0.2) is 29.3 Å². The van der Waals surface area contributed by atoms with Gasteiger partial charge in [-0.25, -0.2) is 0 Å². The predicted octanol–water partition coefficient (Wildman–Crippen LogP) is 2.50. The topological polar surface area (TPSA) is 63.4 Å². The molecule has 2 amide bonds. The van der Waals surface area contributed by atoms with Gasteiger partial charge in [-0.05, 0) is 53.4 Å². The van der Waals surface area contributed by atoms with E-state index in [0.29, 0.717) is 23.6 Å². The summed E-state index contributed by atoms with van der Waals surface area (Å²) in [5.74, 6) is -0.649. The van der Waals surface area contributed by atoms with Crippen molar-refractivity contribution in [3.05, 3.63) is 32.8 Å². The molecule has 1 atom stereocenters. The highest BCUT2D eigenvalue weighted by Crippen LogP contribution is 2.29. The number of hydrogen-bond donors (Lipinski definition) is 1. The van der Waals surface area contributed by atoms with Gasteiger partial charge in [0.1, 0.15) is 6.04 Å². The summed E-state index contributed by atoms with van der Waals surface area (Å²) in [6.07, 6.45) is 1.42. The summed E-state index contributed by atoms with van der Waals surface area (Å²) < 4.78 is 0.776. The van der Waals surface area contributed by atoms with Crippen LogP contribution < -0.4 is 5.73 Å². The molecule has 1 heterocycles. The molecule has 19 heavy (non-hydrogen) atoms. The minimum absolute atomic E-state index is 0.196. The quantitative estimate of drug-likeness (QED) is 0.895. The predicted molar refractivity (Wildman–Crippen MR) is 77.1 cm³/mol. The van der Waals surface area contributed by atoms with E-state index in [9.17, 15) is 9.59 Å². The molecule has 1 saturated heterocycles. The van der Waals surface area contributed by atoms with E-state index < -0.39 is 11.9 Å². The van der Waals surface area contributed by atoms with Crippen molar-refractivity contribution in [2.75, 3.05) is 6.54 Å². The number of carbonyl (C=O) groups excluding carboxylic acids is 2. The van der Waals surface area contributed by atoms with Crippen molar-refractivity contribution < 1.29 is 9.59 Å². The fourth-order valence-corrected chi connectivity index (χ4v) is 2.82. The number of halogens is 2. The molecule has 4 nitrogen and oxygen atoms in total. The van der Waals surface area contributed by atoms with E-state index in [1.165, 1.54) is 4.90 Å². The van der Waals surface area contributed by atoms with Crippen molar-refractivity contribution >= 4 is 39.3 Å². The third-order valence-corrected chi connectivity index (χ3v) is 4.88. The van der Waals surface area contributed by atoms with Gasteiger partial charge < -0.3 is 10.6 Å². The highest BCUT2D eigenvalue weighted by atomic mass is 79.9. The molecule has 0 saturated carbocycles. The maximum atomic E-state index is 12.4. The number of amides is 2. The van der Waals surface area contributed by atoms with Crippen LogP contribution in [0.3, 0.4) is 0 Å². The molecule has 2 rings (SSSR count). The SMILES string of the molecule is Cc1cc(C(=O)N2CCC[C@H]2C(N)=O)cc(Cl)c1Br. The number of primary amides is 1. The summed E-state index contributed by atoms with van der Waals surface area (Å²) in [4.78, 5) is 25.3. The summed E-state index contributed by atoms with van der Waals surface area (Å²) >= 11 is 9.41. The van der Waals surface area contributed by atoms with Gasteiger partial charge in [-0.3, -0.25) is 9.59 Å². The molecule has 0 spiro atoms. The molecule has 1 fully saturated rings. The summed E-state index contributed by atoms with van der Waals surface area (Å²) in [6.45, 7) is 2.42. The lowest BCUT2D eigenvalue weighted by atomic mass is 10.1. The Hall–Kier alpha value is -1.07. The highest BCUT2D eigenvalue weighted by molar-refractivity contribution is 9.10. The fourth-order valence-electron chi connectivity index (χ4n) is 2.32. The van der Waals surface area contributed by atoms with Gasteiger partial charge in [-0.15, -0.1) is 0 Å². The summed E-state index contributed by atoms with van der Waals surface area (Å²) in [5, 5.41) is 0.484. The number of nitrogens with two attached hydrogens (primary N) is 1. The lowest BCUT2D eigenvalue weighted by Crippen LogP contribution is -2.43. The van der Waals surface area contributed by atoms with Gasteiger partial charge in [0, 0.05) is 16.6 Å². The maximum Gasteiger partial charge on any atom is 0.254 e. The van der Waals surface area contributed by atoms with E-state index in [1.807, 2.05) is 6.92 Å². The Bertz CT molecular complexity index is 524. The van der Waals surface area contributed by atoms with Gasteiger partial charge in [0.15, 0.2) is 0 Å². The zero-order valence-electron chi connectivity index (χ0n) is 10.5. The van der Waals surface area contributed by atoms with Crippen LogP contribution in [0.2, 0.25) is 5.02 Å². The van der Waals surface area contributed by atoms with Crippen molar-refractivity contribution in [3.63, 3.8) is 0 Å². The van der Waals surface area contributed by atoms with E-state index in [4.69, 9.17) is 17.3 Å². The molecule has 2 N–H and O–H groups in total. The third-order valence-electron chi connectivity index (χ3n) is 3.30. The second kappa shape index (κ2) is 5.51. The minimum atomic E-state index is -0.504. The van der Waals surface area contributed by atoms with Crippen LogP contribution in [0.4, 0.5) is 0 Å². The monoisotopic (exact) mass is 344 g/mol. The van der Waals surface area contributed by atoms with E-state index in [0.717, 1.165) is 16.5 Å². The fraction of sp³-hybridized carbons (Fsp3) is 0.385. The Kier molecular flexibility index (Phi) is 4.16. The first-order valence-corrected chi connectivity index (χ1v) is 7.15. The van der Waals surface area contributed by atoms with Crippen molar-refractivity contribution in [3.8, 4) is 0 Å². The van der Waals surface area contributed by atoms with Crippen LogP contribution in [0.25, 0.3) is 0 Å². The zero-order chi connectivity index (χ0) is 14.2. The zero-order valence-corrected chi connectivity index (χ0v) is 12.8. The number of aryl methyl sites for hydroxylation is 1. The molecule has 6 heteroatoms. The van der Waals surface area contributed by atoms with Crippen molar-refractivity contribution in [2.24, 2.45) is 5.73 Å². The Morgan fingerprint density at radius 3 is 2.74 bits per heavy atom. The molecular formula is C13H14BrClN2O2. The minimum Gasteiger partial charge on any atom is -0.368 e. The van der Waals surface area contributed by atoms with E-state index in [-0.39, 0.29) is 5.91 Å². The number of nitrogens with zero attached hydrogens (tertiary/aromatic N) is 1. The number of likely N-dealkylation sites (tertiary alicyclic amines) is 1. The van der Waals surface area contributed by atoms with Crippen molar-refractivity contribution in [1.82, 2.24) is 4.90 Å². The lowest BCUT2D eigenvalue weighted by molar-refractivity contribution is -0.121. The Labute approximate surface area is 125 Å². The third kappa shape index (κ3) is 2.77. The number of carbonyl (C=O) groups is 2. The van der Waals surface area contributed by atoms with Crippen LogP contribution in [0, 0.1) is 6.92 Å². The van der Waals surface area contributed by atoms with Crippen molar-refractivity contribution in [2.45, 2.75) is 25.8 Å². The van der Waals surface area contributed by atoms with Crippen LogP contribution in [0.5, 0.6) is 0 Å². The van der Waals surface area contributed by atoms with E-state index in [1.54, 1.807) is 12.1 Å². The summed E-state index contributed by atoms with van der Waals surface area (Å²) in [7, 11) is 0. The smallest absolute Gasteiger partial charge is 0.254 e. The summed E-state index contributed by atoms with van der Waals surface area (Å²) in [5.41, 5.74) is 6.69. The molecule has 1 aliphatic heterocycles. The average molecular weight is 346 g/mol. The maximum absolute atomic E-state index is 12.4. The first kappa shape index (κ1) is 14.3.